The van der Waals surface area contributed by atoms with Crippen molar-refractivity contribution in [1.29, 1.82) is 0 Å². The molecule has 0 fully saturated rings. The second kappa shape index (κ2) is 4.78. The van der Waals surface area contributed by atoms with Gasteiger partial charge in [0.25, 0.3) is 0 Å². The first-order valence-electron chi connectivity index (χ1n) is 5.79. The largest absolute Gasteiger partial charge is 0.289 e. The van der Waals surface area contributed by atoms with E-state index in [0.29, 0.717) is 17.6 Å². The SMILES string of the molecule is Cc1ccc(F)c(C(=O)C2=CCCCC2)c1F. The van der Waals surface area contributed by atoms with Gasteiger partial charge >= 0.3 is 0 Å². The van der Waals surface area contributed by atoms with Gasteiger partial charge in [0, 0.05) is 0 Å². The van der Waals surface area contributed by atoms with Crippen molar-refractivity contribution in [1.82, 2.24) is 0 Å². The molecule has 0 amide bonds. The van der Waals surface area contributed by atoms with Gasteiger partial charge in [-0.15, -0.1) is 0 Å². The summed E-state index contributed by atoms with van der Waals surface area (Å²) in [5, 5.41) is 0. The zero-order valence-corrected chi connectivity index (χ0v) is 9.72. The molecular formula is C14H14F2O. The number of carbonyl (C=O) groups excluding carboxylic acids is 1. The fraction of sp³-hybridized carbons (Fsp3) is 0.357. The number of carbonyl (C=O) groups is 1. The third-order valence-corrected chi connectivity index (χ3v) is 3.09. The van der Waals surface area contributed by atoms with Gasteiger partial charge in [-0.3, -0.25) is 4.79 Å². The van der Waals surface area contributed by atoms with E-state index < -0.39 is 23.0 Å². The molecule has 1 aliphatic rings. The molecule has 1 nitrogen and oxygen atoms in total. The molecule has 17 heavy (non-hydrogen) atoms. The number of hydrogen-bond acceptors (Lipinski definition) is 1. The fourth-order valence-corrected chi connectivity index (χ4v) is 2.07. The molecule has 90 valence electrons. The van der Waals surface area contributed by atoms with Crippen LogP contribution in [0.3, 0.4) is 0 Å². The van der Waals surface area contributed by atoms with E-state index in [0.717, 1.165) is 25.3 Å². The van der Waals surface area contributed by atoms with E-state index in [1.807, 2.05) is 0 Å². The number of aryl methyl sites for hydroxylation is 1. The van der Waals surface area contributed by atoms with Crippen LogP contribution in [-0.2, 0) is 0 Å². The molecule has 0 saturated carbocycles. The van der Waals surface area contributed by atoms with Gasteiger partial charge in [-0.1, -0.05) is 12.1 Å². The molecule has 1 aliphatic carbocycles. The van der Waals surface area contributed by atoms with Gasteiger partial charge in [0.2, 0.25) is 0 Å². The molecule has 3 heteroatoms. The Labute approximate surface area is 99.1 Å². The van der Waals surface area contributed by atoms with Gasteiger partial charge < -0.3 is 0 Å². The highest BCUT2D eigenvalue weighted by molar-refractivity contribution is 6.09. The summed E-state index contributed by atoms with van der Waals surface area (Å²) >= 11 is 0. The molecule has 0 unspecified atom stereocenters. The smallest absolute Gasteiger partial charge is 0.194 e. The summed E-state index contributed by atoms with van der Waals surface area (Å²) in [6.45, 7) is 1.53. The van der Waals surface area contributed by atoms with Crippen LogP contribution in [0.5, 0.6) is 0 Å². The van der Waals surface area contributed by atoms with E-state index in [1.165, 1.54) is 13.0 Å². The summed E-state index contributed by atoms with van der Waals surface area (Å²) in [5.74, 6) is -2.01. The highest BCUT2D eigenvalue weighted by Crippen LogP contribution is 2.25. The van der Waals surface area contributed by atoms with E-state index in [9.17, 15) is 13.6 Å². The Morgan fingerprint density at radius 1 is 1.24 bits per heavy atom. The zero-order valence-electron chi connectivity index (χ0n) is 9.72. The number of rotatable bonds is 2. The first kappa shape index (κ1) is 12.0. The third-order valence-electron chi connectivity index (χ3n) is 3.09. The van der Waals surface area contributed by atoms with E-state index in [1.54, 1.807) is 6.08 Å². The van der Waals surface area contributed by atoms with Crippen molar-refractivity contribution in [3.8, 4) is 0 Å². The lowest BCUT2D eigenvalue weighted by Crippen LogP contribution is -2.11. The molecule has 0 spiro atoms. The van der Waals surface area contributed by atoms with Crippen LogP contribution >= 0.6 is 0 Å². The molecule has 0 radical (unpaired) electrons. The number of benzene rings is 1. The highest BCUT2D eigenvalue weighted by atomic mass is 19.1. The summed E-state index contributed by atoms with van der Waals surface area (Å²) < 4.78 is 27.3. The first-order valence-corrected chi connectivity index (χ1v) is 5.79. The summed E-state index contributed by atoms with van der Waals surface area (Å²) in [6, 6.07) is 2.49. The van der Waals surface area contributed by atoms with Crippen molar-refractivity contribution in [2.75, 3.05) is 0 Å². The van der Waals surface area contributed by atoms with Crippen LogP contribution in [0, 0.1) is 18.6 Å². The van der Waals surface area contributed by atoms with Crippen molar-refractivity contribution in [2.45, 2.75) is 32.6 Å². The molecule has 0 N–H and O–H groups in total. The van der Waals surface area contributed by atoms with Crippen LogP contribution in [-0.4, -0.2) is 5.78 Å². The number of ketones is 1. The molecule has 1 aromatic carbocycles. The standard InChI is InChI=1S/C14H14F2O/c1-9-7-8-11(15)12(13(9)16)14(17)10-5-3-2-4-6-10/h5,7-8H,2-4,6H2,1H3. The molecule has 0 atom stereocenters. The lowest BCUT2D eigenvalue weighted by molar-refractivity contribution is 0.102. The summed E-state index contributed by atoms with van der Waals surface area (Å²) in [7, 11) is 0. The van der Waals surface area contributed by atoms with Gasteiger partial charge in [-0.25, -0.2) is 8.78 Å². The first-order chi connectivity index (χ1) is 8.11. The summed E-state index contributed by atoms with van der Waals surface area (Å²) in [6.07, 6.45) is 5.18. The minimum absolute atomic E-state index is 0.297. The lowest BCUT2D eigenvalue weighted by Gasteiger charge is -2.13. The van der Waals surface area contributed by atoms with Gasteiger partial charge in [0.05, 0.1) is 5.56 Å². The maximum Gasteiger partial charge on any atom is 0.194 e. The average Bonchev–Trinajstić information content (AvgIpc) is 2.35. The van der Waals surface area contributed by atoms with Crippen molar-refractivity contribution in [3.63, 3.8) is 0 Å². The van der Waals surface area contributed by atoms with Crippen LogP contribution in [0.4, 0.5) is 8.78 Å². The Bertz CT molecular complexity index is 489. The van der Waals surface area contributed by atoms with E-state index in [2.05, 4.69) is 0 Å². The Balaban J connectivity index is 2.43. The molecule has 0 saturated heterocycles. The maximum absolute atomic E-state index is 13.8. The normalized spacial score (nSPS) is 15.6. The minimum atomic E-state index is -0.774. The van der Waals surface area contributed by atoms with E-state index in [-0.39, 0.29) is 0 Å². The second-order valence-corrected chi connectivity index (χ2v) is 4.36. The monoisotopic (exact) mass is 236 g/mol. The number of allylic oxidation sites excluding steroid dienone is 2. The van der Waals surface area contributed by atoms with Gasteiger partial charge in [-0.2, -0.15) is 0 Å². The zero-order chi connectivity index (χ0) is 12.4. The Morgan fingerprint density at radius 2 is 2.00 bits per heavy atom. The molecule has 0 aliphatic heterocycles. The van der Waals surface area contributed by atoms with Gasteiger partial charge in [-0.05, 0) is 49.8 Å². The third kappa shape index (κ3) is 2.28. The molecule has 0 aromatic heterocycles. The van der Waals surface area contributed by atoms with Crippen LogP contribution in [0.25, 0.3) is 0 Å². The fourth-order valence-electron chi connectivity index (χ4n) is 2.07. The van der Waals surface area contributed by atoms with Crippen molar-refractivity contribution >= 4 is 5.78 Å². The van der Waals surface area contributed by atoms with E-state index in [4.69, 9.17) is 0 Å². The second-order valence-electron chi connectivity index (χ2n) is 4.36. The predicted octanol–water partition coefficient (Wildman–Crippen LogP) is 3.96. The molecule has 0 heterocycles. The highest BCUT2D eigenvalue weighted by Gasteiger charge is 2.22. The number of halogens is 2. The van der Waals surface area contributed by atoms with Crippen molar-refractivity contribution < 1.29 is 13.6 Å². The maximum atomic E-state index is 13.8. The van der Waals surface area contributed by atoms with Gasteiger partial charge in [0.15, 0.2) is 5.78 Å². The van der Waals surface area contributed by atoms with Crippen LogP contribution < -0.4 is 0 Å². The molecule has 2 rings (SSSR count). The molecule has 1 aromatic rings. The van der Waals surface area contributed by atoms with Crippen LogP contribution in [0.15, 0.2) is 23.8 Å². The summed E-state index contributed by atoms with van der Waals surface area (Å²) in [5.41, 5.74) is 0.434. The van der Waals surface area contributed by atoms with Gasteiger partial charge in [0.1, 0.15) is 11.6 Å². The topological polar surface area (TPSA) is 17.1 Å². The molecular weight excluding hydrogens is 222 g/mol. The minimum Gasteiger partial charge on any atom is -0.289 e. The lowest BCUT2D eigenvalue weighted by atomic mass is 9.92. The van der Waals surface area contributed by atoms with Crippen molar-refractivity contribution in [2.24, 2.45) is 0 Å². The quantitative estimate of drug-likeness (QED) is 0.710. The number of hydrogen-bond donors (Lipinski definition) is 0. The Hall–Kier alpha value is -1.51. The van der Waals surface area contributed by atoms with E-state index >= 15 is 0 Å². The Morgan fingerprint density at radius 3 is 2.65 bits per heavy atom. The Kier molecular flexibility index (Phi) is 3.36. The predicted molar refractivity (Wildman–Crippen MR) is 62.0 cm³/mol. The van der Waals surface area contributed by atoms with Crippen LogP contribution in [0.2, 0.25) is 0 Å². The average molecular weight is 236 g/mol. The van der Waals surface area contributed by atoms with Crippen molar-refractivity contribution in [3.05, 3.63) is 46.5 Å². The number of Topliss-reactive ketones (excluding diaryl/α,β-unsaturated/α-hetero) is 1. The van der Waals surface area contributed by atoms with Crippen LogP contribution in [0.1, 0.15) is 41.6 Å². The summed E-state index contributed by atoms with van der Waals surface area (Å²) in [4.78, 5) is 12.0. The molecule has 0 bridgehead atoms.